The molecule has 0 amide bonds. The van der Waals surface area contributed by atoms with Gasteiger partial charge in [-0.1, -0.05) is 12.2 Å². The van der Waals surface area contributed by atoms with E-state index in [1.54, 1.807) is 10.9 Å². The Balaban J connectivity index is 1.80. The first-order chi connectivity index (χ1) is 10.9. The number of fused-ring (bicyclic) bond motifs is 2. The van der Waals surface area contributed by atoms with Gasteiger partial charge in [-0.2, -0.15) is 0 Å². The number of rotatable bonds is 2. The van der Waals surface area contributed by atoms with E-state index in [4.69, 9.17) is 32.2 Å². The molecule has 124 valence electrons. The highest BCUT2D eigenvalue weighted by atomic mass is 32.1. The topological polar surface area (TPSA) is 120 Å². The van der Waals surface area contributed by atoms with Crippen LogP contribution in [-0.4, -0.2) is 55.3 Å². The van der Waals surface area contributed by atoms with Crippen molar-refractivity contribution in [3.8, 4) is 0 Å². The number of nitrogens with two attached hydrogens (primary N) is 1. The highest BCUT2D eigenvalue weighted by Crippen LogP contribution is 2.43. The van der Waals surface area contributed by atoms with Gasteiger partial charge in [-0.15, -0.1) is 0 Å². The van der Waals surface area contributed by atoms with Crippen molar-refractivity contribution in [2.75, 3.05) is 12.3 Å². The minimum atomic E-state index is -0.741. The van der Waals surface area contributed by atoms with E-state index in [-0.39, 0.29) is 24.8 Å². The van der Waals surface area contributed by atoms with E-state index in [2.05, 4.69) is 15.0 Å². The normalized spacial score (nSPS) is 32.5. The Morgan fingerprint density at radius 1 is 1.43 bits per heavy atom. The van der Waals surface area contributed by atoms with E-state index in [1.807, 2.05) is 13.8 Å². The minimum Gasteiger partial charge on any atom is -0.394 e. The Labute approximate surface area is 136 Å². The van der Waals surface area contributed by atoms with Crippen molar-refractivity contribution in [2.45, 2.75) is 44.2 Å². The Hall–Kier alpha value is -1.59. The first-order valence-corrected chi connectivity index (χ1v) is 7.65. The molecular weight excluding hydrogens is 322 g/mol. The number of H-pyrrole nitrogens is 1. The fourth-order valence-corrected chi connectivity index (χ4v) is 3.42. The molecule has 23 heavy (non-hydrogen) atoms. The number of aromatic nitrogens is 4. The highest BCUT2D eigenvalue weighted by Gasteiger charge is 2.55. The Bertz CT molecular complexity index is 818. The van der Waals surface area contributed by atoms with Gasteiger partial charge in [0.15, 0.2) is 22.6 Å². The average molecular weight is 339 g/mol. The first-order valence-electron chi connectivity index (χ1n) is 7.24. The third-order valence-electron chi connectivity index (χ3n) is 4.04. The van der Waals surface area contributed by atoms with Gasteiger partial charge < -0.3 is 30.0 Å². The Morgan fingerprint density at radius 3 is 2.91 bits per heavy atom. The molecule has 0 aromatic carbocycles. The van der Waals surface area contributed by atoms with Crippen LogP contribution in [0.2, 0.25) is 0 Å². The number of imidazole rings is 1. The fraction of sp³-hybridized carbons (Fsp3) is 0.615. The van der Waals surface area contributed by atoms with Crippen LogP contribution in [-0.2, 0) is 14.2 Å². The summed E-state index contributed by atoms with van der Waals surface area (Å²) < 4.78 is 19.8. The van der Waals surface area contributed by atoms with Crippen molar-refractivity contribution in [1.29, 1.82) is 0 Å². The molecule has 4 atom stereocenters. The van der Waals surface area contributed by atoms with E-state index >= 15 is 0 Å². The molecule has 0 spiro atoms. The Kier molecular flexibility index (Phi) is 3.22. The third-order valence-corrected chi connectivity index (χ3v) is 4.33. The summed E-state index contributed by atoms with van der Waals surface area (Å²) in [6.45, 7) is 3.50. The molecule has 0 aliphatic carbocycles. The zero-order chi connectivity index (χ0) is 16.4. The van der Waals surface area contributed by atoms with Gasteiger partial charge in [0.2, 0.25) is 0 Å². The molecule has 2 aliphatic heterocycles. The zero-order valence-corrected chi connectivity index (χ0v) is 13.4. The number of aliphatic hydroxyl groups is 1. The Morgan fingerprint density at radius 2 is 2.17 bits per heavy atom. The van der Waals surface area contributed by atoms with Gasteiger partial charge in [0.25, 0.3) is 0 Å². The van der Waals surface area contributed by atoms with Crippen LogP contribution >= 0.6 is 12.2 Å². The molecular formula is C13H17N5O4S. The molecule has 4 rings (SSSR count). The zero-order valence-electron chi connectivity index (χ0n) is 12.6. The van der Waals surface area contributed by atoms with E-state index < -0.39 is 18.1 Å². The second-order valence-electron chi connectivity index (χ2n) is 6.09. The number of hydrogen-bond acceptors (Lipinski definition) is 8. The summed E-state index contributed by atoms with van der Waals surface area (Å²) in [5, 5.41) is 9.56. The summed E-state index contributed by atoms with van der Waals surface area (Å²) in [4.78, 5) is 11.2. The molecule has 0 saturated carbocycles. The summed E-state index contributed by atoms with van der Waals surface area (Å²) in [7, 11) is 0. The van der Waals surface area contributed by atoms with Crippen LogP contribution in [0.4, 0.5) is 5.95 Å². The van der Waals surface area contributed by atoms with Gasteiger partial charge in [-0.05, 0) is 13.8 Å². The number of aliphatic hydroxyl groups excluding tert-OH is 1. The smallest absolute Gasteiger partial charge is 0.200 e. The molecule has 2 aromatic rings. The van der Waals surface area contributed by atoms with Crippen LogP contribution in [0.3, 0.4) is 0 Å². The van der Waals surface area contributed by atoms with E-state index in [0.29, 0.717) is 15.8 Å². The van der Waals surface area contributed by atoms with Crippen LogP contribution in [0.25, 0.3) is 11.2 Å². The van der Waals surface area contributed by atoms with Crippen LogP contribution < -0.4 is 5.73 Å². The van der Waals surface area contributed by atoms with Gasteiger partial charge in [-0.25, -0.2) is 9.97 Å². The second-order valence-corrected chi connectivity index (χ2v) is 6.48. The third kappa shape index (κ3) is 2.25. The highest BCUT2D eigenvalue weighted by molar-refractivity contribution is 7.71. The molecule has 0 bridgehead atoms. The molecule has 0 unspecified atom stereocenters. The standard InChI is InChI=1S/C13H17N5O4S/c1-13(2)21-7-5(3-19)20-11(8(7)22-13)18-4-15-6-9(18)16-12(14)17-10(6)23/h4-5,7-8,11,19H,3H2,1-2H3,(H3,14,16,17,23)/t5-,7-,8+,11-/m0/s1. The summed E-state index contributed by atoms with van der Waals surface area (Å²) in [5.74, 6) is -0.546. The number of hydrogen-bond donors (Lipinski definition) is 3. The van der Waals surface area contributed by atoms with Gasteiger partial charge in [0.05, 0.1) is 12.9 Å². The number of ether oxygens (including phenoxy) is 3. The predicted molar refractivity (Wildman–Crippen MR) is 81.9 cm³/mol. The van der Waals surface area contributed by atoms with Crippen molar-refractivity contribution < 1.29 is 19.3 Å². The maximum Gasteiger partial charge on any atom is 0.200 e. The van der Waals surface area contributed by atoms with E-state index in [0.717, 1.165) is 0 Å². The lowest BCUT2D eigenvalue weighted by atomic mass is 10.1. The molecule has 4 heterocycles. The quantitative estimate of drug-likeness (QED) is 0.676. The lowest BCUT2D eigenvalue weighted by Gasteiger charge is -2.24. The summed E-state index contributed by atoms with van der Waals surface area (Å²) in [5.41, 5.74) is 6.87. The number of nitrogen functional groups attached to an aromatic ring is 1. The number of anilines is 1. The van der Waals surface area contributed by atoms with E-state index in [1.165, 1.54) is 0 Å². The fourth-order valence-electron chi connectivity index (χ4n) is 3.18. The van der Waals surface area contributed by atoms with Gasteiger partial charge in [0.1, 0.15) is 29.5 Å². The SMILES string of the molecule is CC1(C)O[C@@H]2[C@@H](O1)[C@@H](n1cnc3c(=S)nc(N)[nH]c31)O[C@H]2CO. The lowest BCUT2D eigenvalue weighted by molar-refractivity contribution is -0.199. The minimum absolute atomic E-state index is 0.163. The lowest BCUT2D eigenvalue weighted by Crippen LogP contribution is -2.31. The van der Waals surface area contributed by atoms with Crippen molar-refractivity contribution in [3.05, 3.63) is 11.0 Å². The summed E-state index contributed by atoms with van der Waals surface area (Å²) in [6, 6.07) is 0. The number of nitrogens with zero attached hydrogens (tertiary/aromatic N) is 3. The number of nitrogens with one attached hydrogen (secondary N) is 1. The first kappa shape index (κ1) is 15.0. The van der Waals surface area contributed by atoms with Crippen LogP contribution in [0.5, 0.6) is 0 Å². The van der Waals surface area contributed by atoms with Gasteiger partial charge >= 0.3 is 0 Å². The van der Waals surface area contributed by atoms with Gasteiger partial charge in [0, 0.05) is 0 Å². The van der Waals surface area contributed by atoms with Gasteiger partial charge in [-0.3, -0.25) is 4.57 Å². The van der Waals surface area contributed by atoms with Crippen molar-refractivity contribution in [2.24, 2.45) is 0 Å². The maximum absolute atomic E-state index is 9.56. The van der Waals surface area contributed by atoms with Crippen molar-refractivity contribution in [1.82, 2.24) is 19.5 Å². The molecule has 10 heteroatoms. The van der Waals surface area contributed by atoms with Crippen molar-refractivity contribution >= 4 is 29.3 Å². The molecule has 9 nitrogen and oxygen atoms in total. The number of aromatic amines is 1. The summed E-state index contributed by atoms with van der Waals surface area (Å²) >= 11 is 5.18. The monoisotopic (exact) mass is 339 g/mol. The van der Waals surface area contributed by atoms with Crippen LogP contribution in [0, 0.1) is 4.64 Å². The molecule has 2 saturated heterocycles. The molecule has 4 N–H and O–H groups in total. The predicted octanol–water partition coefficient (Wildman–Crippen LogP) is 0.481. The maximum atomic E-state index is 9.56. The average Bonchev–Trinajstić information content (AvgIpc) is 3.09. The van der Waals surface area contributed by atoms with Crippen LogP contribution in [0.15, 0.2) is 6.33 Å². The largest absolute Gasteiger partial charge is 0.394 e. The molecule has 2 fully saturated rings. The second kappa shape index (κ2) is 4.95. The molecule has 0 radical (unpaired) electrons. The van der Waals surface area contributed by atoms with E-state index in [9.17, 15) is 5.11 Å². The molecule has 2 aliphatic rings. The summed E-state index contributed by atoms with van der Waals surface area (Å²) in [6.07, 6.45) is -0.146. The van der Waals surface area contributed by atoms with Crippen LogP contribution in [0.1, 0.15) is 20.1 Å². The molecule has 2 aromatic heterocycles. The van der Waals surface area contributed by atoms with Crippen molar-refractivity contribution in [3.63, 3.8) is 0 Å².